The normalized spacial score (nSPS) is 12.5. The SMILES string of the molecule is C=C(C)C(C)Cc1cccnc1. The fourth-order valence-corrected chi connectivity index (χ4v) is 1.05. The first-order valence-electron chi connectivity index (χ1n) is 4.24. The summed E-state index contributed by atoms with van der Waals surface area (Å²) in [6.45, 7) is 8.19. The Kier molecular flexibility index (Phi) is 3.03. The standard InChI is InChI=1S/C11H15N/c1-9(2)10(3)7-11-5-4-6-12-8-11/h4-6,8,10H,1,7H2,2-3H3. The summed E-state index contributed by atoms with van der Waals surface area (Å²) in [6, 6.07) is 4.08. The molecular weight excluding hydrogens is 146 g/mol. The van der Waals surface area contributed by atoms with E-state index in [1.807, 2.05) is 12.3 Å². The first-order chi connectivity index (χ1) is 5.70. The maximum Gasteiger partial charge on any atom is 0.0300 e. The predicted molar refractivity (Wildman–Crippen MR) is 51.9 cm³/mol. The highest BCUT2D eigenvalue weighted by Crippen LogP contribution is 2.13. The molecule has 1 heteroatoms. The minimum absolute atomic E-state index is 0.550. The minimum Gasteiger partial charge on any atom is -0.264 e. The Morgan fingerprint density at radius 1 is 1.67 bits per heavy atom. The number of hydrogen-bond acceptors (Lipinski definition) is 1. The summed E-state index contributed by atoms with van der Waals surface area (Å²) in [5, 5.41) is 0. The maximum absolute atomic E-state index is 4.07. The summed E-state index contributed by atoms with van der Waals surface area (Å²) >= 11 is 0. The molecule has 0 bridgehead atoms. The van der Waals surface area contributed by atoms with Crippen molar-refractivity contribution in [2.75, 3.05) is 0 Å². The molecular formula is C11H15N. The van der Waals surface area contributed by atoms with E-state index in [0.29, 0.717) is 5.92 Å². The van der Waals surface area contributed by atoms with Gasteiger partial charge in [-0.3, -0.25) is 4.98 Å². The Hall–Kier alpha value is -1.11. The van der Waals surface area contributed by atoms with Crippen molar-refractivity contribution in [2.24, 2.45) is 5.92 Å². The van der Waals surface area contributed by atoms with Gasteiger partial charge >= 0.3 is 0 Å². The summed E-state index contributed by atoms with van der Waals surface area (Å²) < 4.78 is 0. The van der Waals surface area contributed by atoms with E-state index in [2.05, 4.69) is 31.5 Å². The van der Waals surface area contributed by atoms with Crippen LogP contribution >= 0.6 is 0 Å². The molecule has 0 aliphatic heterocycles. The van der Waals surface area contributed by atoms with Crippen molar-refractivity contribution < 1.29 is 0 Å². The largest absolute Gasteiger partial charge is 0.264 e. The Labute approximate surface area is 74.2 Å². The molecule has 1 heterocycles. The smallest absolute Gasteiger partial charge is 0.0300 e. The van der Waals surface area contributed by atoms with E-state index in [1.165, 1.54) is 11.1 Å². The van der Waals surface area contributed by atoms with Crippen molar-refractivity contribution in [2.45, 2.75) is 20.3 Å². The third-order valence-corrected chi connectivity index (χ3v) is 2.11. The van der Waals surface area contributed by atoms with Crippen LogP contribution in [0, 0.1) is 5.92 Å². The van der Waals surface area contributed by atoms with Crippen LogP contribution in [0.15, 0.2) is 36.7 Å². The molecule has 0 saturated carbocycles. The zero-order chi connectivity index (χ0) is 8.97. The van der Waals surface area contributed by atoms with Crippen LogP contribution in [0.2, 0.25) is 0 Å². The molecule has 0 aliphatic rings. The molecule has 1 nitrogen and oxygen atoms in total. The van der Waals surface area contributed by atoms with Crippen LogP contribution in [-0.4, -0.2) is 4.98 Å². The van der Waals surface area contributed by atoms with E-state index < -0.39 is 0 Å². The summed E-state index contributed by atoms with van der Waals surface area (Å²) in [7, 11) is 0. The third kappa shape index (κ3) is 2.50. The van der Waals surface area contributed by atoms with E-state index in [1.54, 1.807) is 6.20 Å². The van der Waals surface area contributed by atoms with Gasteiger partial charge in [-0.1, -0.05) is 25.1 Å². The van der Waals surface area contributed by atoms with Crippen LogP contribution in [0.3, 0.4) is 0 Å². The van der Waals surface area contributed by atoms with E-state index in [4.69, 9.17) is 0 Å². The zero-order valence-corrected chi connectivity index (χ0v) is 7.75. The molecule has 0 saturated heterocycles. The van der Waals surface area contributed by atoms with Gasteiger partial charge in [0.1, 0.15) is 0 Å². The fourth-order valence-electron chi connectivity index (χ4n) is 1.05. The summed E-state index contributed by atoms with van der Waals surface area (Å²) in [5.74, 6) is 0.550. The lowest BCUT2D eigenvalue weighted by molar-refractivity contribution is 0.678. The second kappa shape index (κ2) is 4.05. The van der Waals surface area contributed by atoms with Crippen molar-refractivity contribution in [3.05, 3.63) is 42.2 Å². The van der Waals surface area contributed by atoms with Crippen molar-refractivity contribution in [3.8, 4) is 0 Å². The van der Waals surface area contributed by atoms with Gasteiger partial charge in [-0.05, 0) is 30.9 Å². The van der Waals surface area contributed by atoms with Crippen LogP contribution in [-0.2, 0) is 6.42 Å². The second-order valence-electron chi connectivity index (χ2n) is 3.31. The van der Waals surface area contributed by atoms with Crippen LogP contribution in [0.5, 0.6) is 0 Å². The number of aromatic nitrogens is 1. The van der Waals surface area contributed by atoms with Gasteiger partial charge in [0, 0.05) is 12.4 Å². The van der Waals surface area contributed by atoms with Crippen molar-refractivity contribution in [3.63, 3.8) is 0 Å². The Bertz CT molecular complexity index is 251. The van der Waals surface area contributed by atoms with Crippen LogP contribution in [0.4, 0.5) is 0 Å². The maximum atomic E-state index is 4.07. The van der Waals surface area contributed by atoms with Gasteiger partial charge in [0.15, 0.2) is 0 Å². The topological polar surface area (TPSA) is 12.9 Å². The highest BCUT2D eigenvalue weighted by molar-refractivity contribution is 5.12. The Morgan fingerprint density at radius 2 is 2.42 bits per heavy atom. The van der Waals surface area contributed by atoms with E-state index in [-0.39, 0.29) is 0 Å². The molecule has 0 aromatic carbocycles. The van der Waals surface area contributed by atoms with Gasteiger partial charge in [-0.25, -0.2) is 0 Å². The molecule has 1 aromatic rings. The first-order valence-corrected chi connectivity index (χ1v) is 4.24. The first kappa shape index (κ1) is 8.98. The highest BCUT2D eigenvalue weighted by Gasteiger charge is 2.02. The molecule has 1 atom stereocenters. The number of pyridine rings is 1. The molecule has 0 N–H and O–H groups in total. The molecule has 0 aliphatic carbocycles. The molecule has 0 radical (unpaired) electrons. The lowest BCUT2D eigenvalue weighted by Crippen LogP contribution is -2.00. The molecule has 64 valence electrons. The van der Waals surface area contributed by atoms with Crippen LogP contribution < -0.4 is 0 Å². The van der Waals surface area contributed by atoms with Gasteiger partial charge < -0.3 is 0 Å². The fraction of sp³-hybridized carbons (Fsp3) is 0.364. The molecule has 1 unspecified atom stereocenters. The lowest BCUT2D eigenvalue weighted by Gasteiger charge is -2.09. The third-order valence-electron chi connectivity index (χ3n) is 2.11. The number of rotatable bonds is 3. The van der Waals surface area contributed by atoms with Crippen LogP contribution in [0.1, 0.15) is 19.4 Å². The second-order valence-corrected chi connectivity index (χ2v) is 3.31. The number of allylic oxidation sites excluding steroid dienone is 1. The molecule has 0 fully saturated rings. The quantitative estimate of drug-likeness (QED) is 0.621. The lowest BCUT2D eigenvalue weighted by atomic mass is 9.97. The van der Waals surface area contributed by atoms with E-state index >= 15 is 0 Å². The van der Waals surface area contributed by atoms with E-state index in [9.17, 15) is 0 Å². The van der Waals surface area contributed by atoms with Gasteiger partial charge in [-0.15, -0.1) is 0 Å². The Morgan fingerprint density at radius 3 is 2.92 bits per heavy atom. The van der Waals surface area contributed by atoms with Crippen molar-refractivity contribution >= 4 is 0 Å². The molecule has 0 spiro atoms. The monoisotopic (exact) mass is 161 g/mol. The van der Waals surface area contributed by atoms with Crippen LogP contribution in [0.25, 0.3) is 0 Å². The van der Waals surface area contributed by atoms with Crippen molar-refractivity contribution in [1.29, 1.82) is 0 Å². The average molecular weight is 161 g/mol. The van der Waals surface area contributed by atoms with Gasteiger partial charge in [0.05, 0.1) is 0 Å². The van der Waals surface area contributed by atoms with Gasteiger partial charge in [-0.2, -0.15) is 0 Å². The predicted octanol–water partition coefficient (Wildman–Crippen LogP) is 2.84. The van der Waals surface area contributed by atoms with E-state index in [0.717, 1.165) is 6.42 Å². The number of hydrogen-bond donors (Lipinski definition) is 0. The molecule has 1 aromatic heterocycles. The number of nitrogens with zero attached hydrogens (tertiary/aromatic N) is 1. The molecule has 0 amide bonds. The minimum atomic E-state index is 0.550. The summed E-state index contributed by atoms with van der Waals surface area (Å²) in [4.78, 5) is 4.07. The summed E-state index contributed by atoms with van der Waals surface area (Å²) in [6.07, 6.45) is 4.76. The highest BCUT2D eigenvalue weighted by atomic mass is 14.6. The Balaban J connectivity index is 2.58. The molecule has 12 heavy (non-hydrogen) atoms. The molecule has 1 rings (SSSR count). The van der Waals surface area contributed by atoms with Gasteiger partial charge in [0.2, 0.25) is 0 Å². The average Bonchev–Trinajstić information content (AvgIpc) is 2.06. The summed E-state index contributed by atoms with van der Waals surface area (Å²) in [5.41, 5.74) is 2.52. The van der Waals surface area contributed by atoms with Crippen molar-refractivity contribution in [1.82, 2.24) is 4.98 Å². The van der Waals surface area contributed by atoms with Gasteiger partial charge in [0.25, 0.3) is 0 Å². The zero-order valence-electron chi connectivity index (χ0n) is 7.75.